The molecule has 2 nitrogen and oxygen atoms in total. The zero-order valence-electron chi connectivity index (χ0n) is 7.50. The van der Waals surface area contributed by atoms with Crippen LogP contribution in [0.4, 0.5) is 0 Å². The smallest absolute Gasteiger partial charge is 0.0799 e. The molecule has 4 heteroatoms. The molecule has 0 aliphatic heterocycles. The molecule has 1 heterocycles. The van der Waals surface area contributed by atoms with Crippen LogP contribution in [0.2, 0.25) is 0 Å². The van der Waals surface area contributed by atoms with Crippen LogP contribution in [-0.2, 0) is 4.74 Å². The molecule has 0 amide bonds. The lowest BCUT2D eigenvalue weighted by atomic mass is 10.1. The zero-order valence-corrected chi connectivity index (χ0v) is 9.90. The van der Waals surface area contributed by atoms with Crippen molar-refractivity contribution in [2.75, 3.05) is 13.7 Å². The number of rotatable bonds is 5. The third-order valence-corrected chi connectivity index (χ3v) is 3.32. The Bertz CT molecular complexity index is 250. The summed E-state index contributed by atoms with van der Waals surface area (Å²) in [6.07, 6.45) is 1.31. The summed E-state index contributed by atoms with van der Waals surface area (Å²) in [5.74, 6) is 0. The Morgan fingerprint density at radius 2 is 2.46 bits per heavy atom. The van der Waals surface area contributed by atoms with Gasteiger partial charge in [-0.2, -0.15) is 0 Å². The van der Waals surface area contributed by atoms with Crippen molar-refractivity contribution in [2.45, 2.75) is 18.9 Å². The number of aliphatic hydroxyl groups excluding tert-OH is 1. The van der Waals surface area contributed by atoms with Crippen molar-refractivity contribution >= 4 is 27.3 Å². The molecule has 13 heavy (non-hydrogen) atoms. The van der Waals surface area contributed by atoms with Crippen LogP contribution >= 0.6 is 27.3 Å². The summed E-state index contributed by atoms with van der Waals surface area (Å²) in [4.78, 5) is 0. The van der Waals surface area contributed by atoms with Gasteiger partial charge in [-0.1, -0.05) is 0 Å². The molecular formula is C9H13BrO2S. The second-order valence-corrected chi connectivity index (χ2v) is 5.13. The molecule has 1 atom stereocenters. The predicted octanol–water partition coefficient (Wildman–Crippen LogP) is 2.97. The van der Waals surface area contributed by atoms with Crippen LogP contribution in [0, 0.1) is 0 Å². The minimum absolute atomic E-state index is 0.349. The largest absolute Gasteiger partial charge is 0.388 e. The number of aliphatic hydroxyl groups is 1. The van der Waals surface area contributed by atoms with Gasteiger partial charge in [0.25, 0.3) is 0 Å². The first kappa shape index (κ1) is 11.2. The topological polar surface area (TPSA) is 29.5 Å². The second-order valence-electron chi connectivity index (χ2n) is 2.83. The van der Waals surface area contributed by atoms with E-state index in [0.717, 1.165) is 22.2 Å². The summed E-state index contributed by atoms with van der Waals surface area (Å²) >= 11 is 4.96. The van der Waals surface area contributed by atoms with Crippen molar-refractivity contribution < 1.29 is 9.84 Å². The fourth-order valence-corrected chi connectivity index (χ4v) is 2.31. The minimum Gasteiger partial charge on any atom is -0.388 e. The van der Waals surface area contributed by atoms with Gasteiger partial charge in [-0.25, -0.2) is 0 Å². The van der Waals surface area contributed by atoms with E-state index in [0.29, 0.717) is 6.61 Å². The highest BCUT2D eigenvalue weighted by Crippen LogP contribution is 2.27. The molecule has 1 unspecified atom stereocenters. The number of methoxy groups -OCH3 is 1. The summed E-state index contributed by atoms with van der Waals surface area (Å²) in [6, 6.07) is 1.96. The maximum absolute atomic E-state index is 9.69. The van der Waals surface area contributed by atoms with Crippen LogP contribution in [0.1, 0.15) is 24.5 Å². The molecule has 1 rings (SSSR count). The summed E-state index contributed by atoms with van der Waals surface area (Å²) < 4.78 is 5.98. The fraction of sp³-hybridized carbons (Fsp3) is 0.556. The van der Waals surface area contributed by atoms with Gasteiger partial charge >= 0.3 is 0 Å². The average Bonchev–Trinajstić information content (AvgIpc) is 2.52. The standard InChI is InChI=1S/C9H13BrO2S/c1-12-4-2-3-8(11)7-5-9(10)13-6-7/h5-6,8,11H,2-4H2,1H3. The fourth-order valence-electron chi connectivity index (χ4n) is 1.09. The third-order valence-electron chi connectivity index (χ3n) is 1.80. The van der Waals surface area contributed by atoms with Gasteiger partial charge in [-0.3, -0.25) is 0 Å². The highest BCUT2D eigenvalue weighted by atomic mass is 79.9. The molecule has 0 radical (unpaired) electrons. The Hall–Kier alpha value is 0.100. The number of hydrogen-bond donors (Lipinski definition) is 1. The first-order valence-electron chi connectivity index (χ1n) is 4.15. The quantitative estimate of drug-likeness (QED) is 0.829. The SMILES string of the molecule is COCCCC(O)c1csc(Br)c1. The molecule has 0 fully saturated rings. The maximum atomic E-state index is 9.69. The Balaban J connectivity index is 2.35. The monoisotopic (exact) mass is 264 g/mol. The molecular weight excluding hydrogens is 252 g/mol. The lowest BCUT2D eigenvalue weighted by molar-refractivity contribution is 0.136. The van der Waals surface area contributed by atoms with E-state index in [1.807, 2.05) is 11.4 Å². The van der Waals surface area contributed by atoms with Crippen LogP contribution < -0.4 is 0 Å². The molecule has 0 aromatic carbocycles. The lowest BCUT2D eigenvalue weighted by Crippen LogP contribution is -1.98. The van der Waals surface area contributed by atoms with E-state index in [9.17, 15) is 5.11 Å². The van der Waals surface area contributed by atoms with Crippen LogP contribution in [-0.4, -0.2) is 18.8 Å². The number of hydrogen-bond acceptors (Lipinski definition) is 3. The summed E-state index contributed by atoms with van der Waals surface area (Å²) in [5.41, 5.74) is 0.993. The molecule has 0 saturated heterocycles. The third kappa shape index (κ3) is 3.77. The molecule has 0 saturated carbocycles. The van der Waals surface area contributed by atoms with Gasteiger partial charge in [0.1, 0.15) is 0 Å². The predicted molar refractivity (Wildman–Crippen MR) is 58.1 cm³/mol. The van der Waals surface area contributed by atoms with Gasteiger partial charge in [-0.15, -0.1) is 11.3 Å². The van der Waals surface area contributed by atoms with E-state index in [4.69, 9.17) is 4.74 Å². The Labute approximate surface area is 90.7 Å². The van der Waals surface area contributed by atoms with Crippen molar-refractivity contribution in [3.05, 3.63) is 20.8 Å². The van der Waals surface area contributed by atoms with E-state index in [2.05, 4.69) is 15.9 Å². The molecule has 1 N–H and O–H groups in total. The average molecular weight is 265 g/mol. The van der Waals surface area contributed by atoms with E-state index in [1.165, 1.54) is 0 Å². The molecule has 1 aromatic heterocycles. The van der Waals surface area contributed by atoms with E-state index in [-0.39, 0.29) is 6.10 Å². The van der Waals surface area contributed by atoms with Crippen LogP contribution in [0.25, 0.3) is 0 Å². The number of thiophene rings is 1. The molecule has 74 valence electrons. The van der Waals surface area contributed by atoms with Crippen LogP contribution in [0.15, 0.2) is 15.2 Å². The van der Waals surface area contributed by atoms with Crippen molar-refractivity contribution in [3.63, 3.8) is 0 Å². The number of ether oxygens (including phenoxy) is 1. The Morgan fingerprint density at radius 3 is 3.00 bits per heavy atom. The lowest BCUT2D eigenvalue weighted by Gasteiger charge is -2.07. The number of halogens is 1. The first-order chi connectivity index (χ1) is 6.24. The van der Waals surface area contributed by atoms with Crippen molar-refractivity contribution in [3.8, 4) is 0 Å². The van der Waals surface area contributed by atoms with E-state index < -0.39 is 0 Å². The molecule has 0 spiro atoms. The normalized spacial score (nSPS) is 13.2. The van der Waals surface area contributed by atoms with Crippen molar-refractivity contribution in [1.29, 1.82) is 0 Å². The van der Waals surface area contributed by atoms with E-state index >= 15 is 0 Å². The van der Waals surface area contributed by atoms with Gasteiger partial charge in [-0.05, 0) is 45.8 Å². The zero-order chi connectivity index (χ0) is 9.68. The van der Waals surface area contributed by atoms with Crippen molar-refractivity contribution in [2.24, 2.45) is 0 Å². The van der Waals surface area contributed by atoms with Gasteiger partial charge < -0.3 is 9.84 Å². The minimum atomic E-state index is -0.349. The van der Waals surface area contributed by atoms with E-state index in [1.54, 1.807) is 18.4 Å². The van der Waals surface area contributed by atoms with Crippen molar-refractivity contribution in [1.82, 2.24) is 0 Å². The highest BCUT2D eigenvalue weighted by molar-refractivity contribution is 9.11. The molecule has 0 bridgehead atoms. The maximum Gasteiger partial charge on any atom is 0.0799 e. The van der Waals surface area contributed by atoms with Crippen LogP contribution in [0.3, 0.4) is 0 Å². The summed E-state index contributed by atoms with van der Waals surface area (Å²) in [7, 11) is 1.67. The highest BCUT2D eigenvalue weighted by Gasteiger charge is 2.08. The van der Waals surface area contributed by atoms with Gasteiger partial charge in [0.2, 0.25) is 0 Å². The summed E-state index contributed by atoms with van der Waals surface area (Å²) in [5, 5.41) is 11.7. The Morgan fingerprint density at radius 1 is 1.69 bits per heavy atom. The molecule has 1 aromatic rings. The van der Waals surface area contributed by atoms with Gasteiger partial charge in [0.15, 0.2) is 0 Å². The second kappa shape index (κ2) is 5.75. The van der Waals surface area contributed by atoms with Gasteiger partial charge in [0, 0.05) is 13.7 Å². The molecule has 0 aliphatic rings. The Kier molecular flexibility index (Phi) is 4.94. The summed E-state index contributed by atoms with van der Waals surface area (Å²) in [6.45, 7) is 0.711. The first-order valence-corrected chi connectivity index (χ1v) is 5.82. The van der Waals surface area contributed by atoms with Crippen LogP contribution in [0.5, 0.6) is 0 Å². The van der Waals surface area contributed by atoms with Gasteiger partial charge in [0.05, 0.1) is 9.89 Å². The molecule has 0 aliphatic carbocycles.